The normalized spacial score (nSPS) is 12.4. The van der Waals surface area contributed by atoms with Crippen LogP contribution in [-0.4, -0.2) is 16.3 Å². The van der Waals surface area contributed by atoms with E-state index >= 15 is 0 Å². The molecule has 2 aromatic rings. The third-order valence-corrected chi connectivity index (χ3v) is 3.99. The van der Waals surface area contributed by atoms with E-state index in [0.29, 0.717) is 17.8 Å². The maximum absolute atomic E-state index is 6.21. The molecular weight excluding hydrogens is 286 g/mol. The minimum Gasteiger partial charge on any atom is -0.489 e. The Labute approximate surface area is 131 Å². The molecule has 0 aliphatic heterocycles. The molecule has 0 spiro atoms. The predicted molar refractivity (Wildman–Crippen MR) is 85.8 cm³/mol. The van der Waals surface area contributed by atoms with Crippen molar-refractivity contribution in [2.75, 3.05) is 6.54 Å². The summed E-state index contributed by atoms with van der Waals surface area (Å²) in [4.78, 5) is 0. The third kappa shape index (κ3) is 3.77. The first kappa shape index (κ1) is 15.9. The Bertz CT molecular complexity index is 610. The number of nitrogens with zero attached hydrogens (tertiary/aromatic N) is 2. The molecule has 1 unspecified atom stereocenters. The van der Waals surface area contributed by atoms with Crippen molar-refractivity contribution < 1.29 is 4.74 Å². The fraction of sp³-hybridized carbons (Fsp3) is 0.438. The van der Waals surface area contributed by atoms with Gasteiger partial charge in [0.05, 0.1) is 5.69 Å². The summed E-state index contributed by atoms with van der Waals surface area (Å²) < 4.78 is 7.54. The first-order valence-electron chi connectivity index (χ1n) is 7.17. The van der Waals surface area contributed by atoms with Crippen LogP contribution in [0.25, 0.3) is 0 Å². The Hall–Kier alpha value is -1.52. The van der Waals surface area contributed by atoms with E-state index in [1.165, 1.54) is 5.56 Å². The van der Waals surface area contributed by atoms with Gasteiger partial charge >= 0.3 is 0 Å². The highest BCUT2D eigenvalue weighted by Crippen LogP contribution is 2.23. The molecule has 1 heterocycles. The van der Waals surface area contributed by atoms with Gasteiger partial charge in [-0.15, -0.1) is 0 Å². The van der Waals surface area contributed by atoms with Crippen LogP contribution in [0, 0.1) is 6.92 Å². The molecule has 21 heavy (non-hydrogen) atoms. The van der Waals surface area contributed by atoms with Crippen molar-refractivity contribution in [1.29, 1.82) is 0 Å². The highest BCUT2D eigenvalue weighted by atomic mass is 35.5. The number of hydrogen-bond acceptors (Lipinski definition) is 3. The van der Waals surface area contributed by atoms with Gasteiger partial charge in [0.25, 0.3) is 0 Å². The Kier molecular flexibility index (Phi) is 5.26. The first-order valence-corrected chi connectivity index (χ1v) is 7.54. The molecule has 1 aromatic heterocycles. The van der Waals surface area contributed by atoms with Gasteiger partial charge in [0.1, 0.15) is 17.5 Å². The number of halogens is 1. The van der Waals surface area contributed by atoms with E-state index in [2.05, 4.69) is 36.4 Å². The Balaban J connectivity index is 2.08. The van der Waals surface area contributed by atoms with Gasteiger partial charge < -0.3 is 10.1 Å². The van der Waals surface area contributed by atoms with Gasteiger partial charge in [-0.2, -0.15) is 5.10 Å². The fourth-order valence-corrected chi connectivity index (χ4v) is 2.52. The molecular formula is C16H22ClN3O. The standard InChI is InChI=1S/C16H22ClN3O/c1-5-18-11(2)13-7-6-8-14(9-13)21-10-15-12(3)19-20(4)16(15)17/h6-9,11,18H,5,10H2,1-4H3. The molecule has 1 atom stereocenters. The lowest BCUT2D eigenvalue weighted by Crippen LogP contribution is -2.17. The zero-order chi connectivity index (χ0) is 15.4. The summed E-state index contributed by atoms with van der Waals surface area (Å²) in [5.74, 6) is 0.844. The summed E-state index contributed by atoms with van der Waals surface area (Å²) in [5, 5.41) is 8.31. The van der Waals surface area contributed by atoms with Gasteiger partial charge in [-0.3, -0.25) is 4.68 Å². The number of hydrogen-bond donors (Lipinski definition) is 1. The van der Waals surface area contributed by atoms with Crippen LogP contribution in [0.3, 0.4) is 0 Å². The summed E-state index contributed by atoms with van der Waals surface area (Å²) in [6.07, 6.45) is 0. The van der Waals surface area contributed by atoms with Gasteiger partial charge in [-0.05, 0) is 38.1 Å². The average molecular weight is 308 g/mol. The van der Waals surface area contributed by atoms with Gasteiger partial charge in [-0.1, -0.05) is 30.7 Å². The van der Waals surface area contributed by atoms with Crippen LogP contribution >= 0.6 is 11.6 Å². The maximum atomic E-state index is 6.21. The lowest BCUT2D eigenvalue weighted by molar-refractivity contribution is 0.305. The molecule has 0 bridgehead atoms. The molecule has 5 heteroatoms. The van der Waals surface area contributed by atoms with E-state index < -0.39 is 0 Å². The highest BCUT2D eigenvalue weighted by Gasteiger charge is 2.12. The van der Waals surface area contributed by atoms with Crippen molar-refractivity contribution in [2.45, 2.75) is 33.4 Å². The van der Waals surface area contributed by atoms with Crippen molar-refractivity contribution in [1.82, 2.24) is 15.1 Å². The molecule has 0 radical (unpaired) electrons. The van der Waals surface area contributed by atoms with E-state index in [1.54, 1.807) is 4.68 Å². The lowest BCUT2D eigenvalue weighted by Gasteiger charge is -2.14. The van der Waals surface area contributed by atoms with Gasteiger partial charge in [0.2, 0.25) is 0 Å². The number of aromatic nitrogens is 2. The van der Waals surface area contributed by atoms with Gasteiger partial charge in [-0.25, -0.2) is 0 Å². The topological polar surface area (TPSA) is 39.1 Å². The molecule has 114 valence electrons. The average Bonchev–Trinajstić information content (AvgIpc) is 2.71. The van der Waals surface area contributed by atoms with Crippen molar-refractivity contribution in [2.24, 2.45) is 7.05 Å². The number of ether oxygens (including phenoxy) is 1. The molecule has 2 rings (SSSR count). The van der Waals surface area contributed by atoms with Crippen LogP contribution in [0.5, 0.6) is 5.75 Å². The largest absolute Gasteiger partial charge is 0.489 e. The van der Waals surface area contributed by atoms with Crippen LogP contribution in [0.4, 0.5) is 0 Å². The summed E-state index contributed by atoms with van der Waals surface area (Å²) >= 11 is 6.21. The van der Waals surface area contributed by atoms with Crippen molar-refractivity contribution in [3.63, 3.8) is 0 Å². The number of benzene rings is 1. The predicted octanol–water partition coefficient (Wildman–Crippen LogP) is 3.63. The van der Waals surface area contributed by atoms with E-state index in [1.807, 2.05) is 26.1 Å². The monoisotopic (exact) mass is 307 g/mol. The second kappa shape index (κ2) is 6.96. The molecule has 0 saturated heterocycles. The first-order chi connectivity index (χ1) is 10.0. The van der Waals surface area contributed by atoms with Gasteiger partial charge in [0, 0.05) is 18.7 Å². The quantitative estimate of drug-likeness (QED) is 0.885. The smallest absolute Gasteiger partial charge is 0.133 e. The minimum absolute atomic E-state index is 0.308. The van der Waals surface area contributed by atoms with E-state index in [9.17, 15) is 0 Å². The van der Waals surface area contributed by atoms with Crippen LogP contribution in [0.15, 0.2) is 24.3 Å². The minimum atomic E-state index is 0.308. The van der Waals surface area contributed by atoms with Gasteiger partial charge in [0.15, 0.2) is 0 Å². The number of nitrogens with one attached hydrogen (secondary N) is 1. The molecule has 0 aliphatic rings. The van der Waals surface area contributed by atoms with Crippen molar-refractivity contribution >= 4 is 11.6 Å². The third-order valence-electron chi connectivity index (χ3n) is 3.52. The highest BCUT2D eigenvalue weighted by molar-refractivity contribution is 6.30. The fourth-order valence-electron chi connectivity index (χ4n) is 2.29. The molecule has 0 saturated carbocycles. The summed E-state index contributed by atoms with van der Waals surface area (Å²) in [6.45, 7) is 7.55. The molecule has 0 aliphatic carbocycles. The van der Waals surface area contributed by atoms with Crippen molar-refractivity contribution in [3.05, 3.63) is 46.2 Å². The molecule has 1 N–H and O–H groups in total. The lowest BCUT2D eigenvalue weighted by atomic mass is 10.1. The Morgan fingerprint density at radius 1 is 1.43 bits per heavy atom. The number of aryl methyl sites for hydroxylation is 2. The van der Waals surface area contributed by atoms with E-state index in [4.69, 9.17) is 16.3 Å². The summed E-state index contributed by atoms with van der Waals surface area (Å²) in [5.41, 5.74) is 3.05. The molecule has 4 nitrogen and oxygen atoms in total. The van der Waals surface area contributed by atoms with Crippen molar-refractivity contribution in [3.8, 4) is 5.75 Å². The molecule has 0 amide bonds. The zero-order valence-electron chi connectivity index (χ0n) is 13.0. The second-order valence-electron chi connectivity index (χ2n) is 5.12. The molecule has 0 fully saturated rings. The van der Waals surface area contributed by atoms with Crippen LogP contribution < -0.4 is 10.1 Å². The maximum Gasteiger partial charge on any atom is 0.133 e. The second-order valence-corrected chi connectivity index (χ2v) is 5.48. The molecule has 1 aromatic carbocycles. The number of rotatable bonds is 6. The van der Waals surface area contributed by atoms with Crippen LogP contribution in [0.1, 0.15) is 36.7 Å². The SMILES string of the molecule is CCNC(C)c1cccc(OCc2c(C)nn(C)c2Cl)c1. The van der Waals surface area contributed by atoms with E-state index in [0.717, 1.165) is 23.6 Å². The summed E-state index contributed by atoms with van der Waals surface area (Å²) in [7, 11) is 1.83. The van der Waals surface area contributed by atoms with Crippen LogP contribution in [0.2, 0.25) is 5.15 Å². The van der Waals surface area contributed by atoms with E-state index in [-0.39, 0.29) is 0 Å². The zero-order valence-corrected chi connectivity index (χ0v) is 13.7. The summed E-state index contributed by atoms with van der Waals surface area (Å²) in [6, 6.07) is 8.44. The Morgan fingerprint density at radius 2 is 2.19 bits per heavy atom. The Morgan fingerprint density at radius 3 is 2.81 bits per heavy atom. The van der Waals surface area contributed by atoms with Crippen LogP contribution in [-0.2, 0) is 13.7 Å².